The highest BCUT2D eigenvalue weighted by Gasteiger charge is 2.17. The molecule has 0 atom stereocenters. The van der Waals surface area contributed by atoms with E-state index < -0.39 is 7.60 Å². The molecule has 0 unspecified atom stereocenters. The maximum Gasteiger partial charge on any atom is 0.349 e. The van der Waals surface area contributed by atoms with Crippen molar-refractivity contribution < 1.29 is 24.3 Å². The highest BCUT2D eigenvalue weighted by molar-refractivity contribution is 7.55. The number of azo groups is 1. The fourth-order valence-electron chi connectivity index (χ4n) is 1.85. The van der Waals surface area contributed by atoms with Crippen LogP contribution in [0.5, 0.6) is 5.75 Å². The number of aryl methyl sites for hydroxylation is 1. The molecule has 0 saturated carbocycles. The molecule has 0 amide bonds. The molecular weight excluding hydrogens is 333 g/mol. The average molecular weight is 347 g/mol. The maximum absolute atomic E-state index is 11.3. The van der Waals surface area contributed by atoms with Crippen LogP contribution in [0.25, 0.3) is 6.08 Å². The van der Waals surface area contributed by atoms with E-state index in [0.29, 0.717) is 17.8 Å². The van der Waals surface area contributed by atoms with Crippen LogP contribution in [0.2, 0.25) is 0 Å². The first kappa shape index (κ1) is 17.7. The molecule has 0 aliphatic heterocycles. The monoisotopic (exact) mass is 347 g/mol. The Morgan fingerprint density at radius 2 is 1.79 bits per heavy atom. The van der Waals surface area contributed by atoms with Gasteiger partial charge < -0.3 is 14.9 Å². The molecule has 3 N–H and O–H groups in total. The zero-order chi connectivity index (χ0) is 17.7. The van der Waals surface area contributed by atoms with E-state index in [1.165, 1.54) is 6.92 Å². The predicted octanol–water partition coefficient (Wildman–Crippen LogP) is 3.47. The minimum absolute atomic E-state index is 0.0314. The smallest absolute Gasteiger partial charge is 0.349 e. The summed E-state index contributed by atoms with van der Waals surface area (Å²) in [6, 6.07) is 8.72. The third-order valence-electron chi connectivity index (χ3n) is 2.97. The Morgan fingerprint density at radius 3 is 2.38 bits per heavy atom. The molecule has 0 spiro atoms. The molecule has 2 rings (SSSR count). The van der Waals surface area contributed by atoms with Gasteiger partial charge in [0, 0.05) is 11.4 Å². The van der Waals surface area contributed by atoms with Crippen molar-refractivity contribution in [3.63, 3.8) is 0 Å². The number of hydrogen-bond acceptors (Lipinski definition) is 6. The van der Waals surface area contributed by atoms with E-state index in [1.54, 1.807) is 30.3 Å². The highest BCUT2D eigenvalue weighted by atomic mass is 31.2. The van der Waals surface area contributed by atoms with Crippen LogP contribution in [-0.4, -0.2) is 26.2 Å². The largest absolute Gasteiger partial charge is 0.505 e. The molecule has 9 heteroatoms. The van der Waals surface area contributed by atoms with Crippen LogP contribution in [0.1, 0.15) is 21.6 Å². The molecule has 0 aliphatic carbocycles. The first-order valence-corrected chi connectivity index (χ1v) is 8.40. The predicted molar refractivity (Wildman–Crippen MR) is 87.7 cm³/mol. The van der Waals surface area contributed by atoms with Gasteiger partial charge >= 0.3 is 7.60 Å². The third-order valence-corrected chi connectivity index (χ3v) is 3.51. The van der Waals surface area contributed by atoms with Crippen molar-refractivity contribution in [2.75, 3.05) is 0 Å². The molecular formula is C15H14N3O5P. The fraction of sp³-hybridized carbons (Fsp3) is 0.0667. The molecule has 0 saturated heterocycles. The Kier molecular flexibility index (Phi) is 5.35. The average Bonchev–Trinajstić information content (AvgIpc) is 2.54. The summed E-state index contributed by atoms with van der Waals surface area (Å²) in [4.78, 5) is 33.2. The van der Waals surface area contributed by atoms with Gasteiger partial charge in [-0.2, -0.15) is 0 Å². The molecule has 24 heavy (non-hydrogen) atoms. The molecule has 0 aliphatic rings. The number of carbonyl (C=O) groups excluding carboxylic acids is 1. The number of aromatic hydroxyl groups is 1. The molecule has 1 aromatic carbocycles. The summed E-state index contributed by atoms with van der Waals surface area (Å²) in [5.74, 6) is 0.183. The molecule has 124 valence electrons. The Labute approximate surface area is 137 Å². The number of rotatable bonds is 5. The van der Waals surface area contributed by atoms with Crippen LogP contribution in [0, 0.1) is 6.92 Å². The lowest BCUT2D eigenvalue weighted by Gasteiger charge is -2.08. The summed E-state index contributed by atoms with van der Waals surface area (Å²) in [5.41, 5.74) is 0.473. The molecule has 0 radical (unpaired) electrons. The van der Waals surface area contributed by atoms with Gasteiger partial charge in [0.15, 0.2) is 12.1 Å². The van der Waals surface area contributed by atoms with Crippen LogP contribution >= 0.6 is 7.60 Å². The van der Waals surface area contributed by atoms with Crippen molar-refractivity contribution in [1.82, 2.24) is 4.98 Å². The maximum atomic E-state index is 11.3. The normalized spacial score (nSPS) is 12.1. The highest BCUT2D eigenvalue weighted by Crippen LogP contribution is 2.39. The summed E-state index contributed by atoms with van der Waals surface area (Å²) >= 11 is 0. The van der Waals surface area contributed by atoms with Gasteiger partial charge in [0.05, 0.1) is 16.9 Å². The Hall–Kier alpha value is -2.67. The summed E-state index contributed by atoms with van der Waals surface area (Å²) in [6.45, 7) is 1.47. The van der Waals surface area contributed by atoms with Gasteiger partial charge in [-0.25, -0.2) is 4.98 Å². The van der Waals surface area contributed by atoms with Crippen molar-refractivity contribution in [2.24, 2.45) is 10.2 Å². The van der Waals surface area contributed by atoms with E-state index in [9.17, 15) is 14.5 Å². The van der Waals surface area contributed by atoms with Crippen LogP contribution < -0.4 is 0 Å². The molecule has 1 aromatic heterocycles. The van der Waals surface area contributed by atoms with E-state index in [0.717, 1.165) is 6.08 Å². The molecule has 0 fully saturated rings. The number of nitrogens with zero attached hydrogens (tertiary/aromatic N) is 3. The van der Waals surface area contributed by atoms with Crippen LogP contribution in [0.15, 0.2) is 46.4 Å². The SMILES string of the molecule is Cc1nc(N=Nc2ccccc2)c(/C=C/P(=O)(O)O)c(C=O)c1O. The standard InChI is InChI=1S/C15H14N3O5P/c1-10-14(20)13(9-19)12(7-8-24(21,22)23)15(16-10)18-17-11-5-3-2-4-6-11/h2-9,20H,1H3,(H2,21,22,23)/b8-7+,18-17?. The molecule has 0 bridgehead atoms. The molecule has 8 nitrogen and oxygen atoms in total. The first-order chi connectivity index (χ1) is 11.3. The molecule has 1 heterocycles. The number of aromatic nitrogens is 1. The second-order valence-electron chi connectivity index (χ2n) is 4.76. The minimum Gasteiger partial charge on any atom is -0.505 e. The van der Waals surface area contributed by atoms with Gasteiger partial charge in [-0.05, 0) is 25.1 Å². The van der Waals surface area contributed by atoms with E-state index in [2.05, 4.69) is 15.2 Å². The number of benzene rings is 1. The van der Waals surface area contributed by atoms with E-state index >= 15 is 0 Å². The minimum atomic E-state index is -4.46. The van der Waals surface area contributed by atoms with Gasteiger partial charge in [-0.3, -0.25) is 9.36 Å². The van der Waals surface area contributed by atoms with Gasteiger partial charge in [0.1, 0.15) is 5.75 Å². The Morgan fingerprint density at radius 1 is 1.12 bits per heavy atom. The lowest BCUT2D eigenvalue weighted by atomic mass is 10.1. The van der Waals surface area contributed by atoms with Gasteiger partial charge in [-0.15, -0.1) is 10.2 Å². The van der Waals surface area contributed by atoms with E-state index in [-0.39, 0.29) is 28.4 Å². The van der Waals surface area contributed by atoms with Crippen molar-refractivity contribution >= 4 is 31.5 Å². The second-order valence-corrected chi connectivity index (χ2v) is 6.23. The quantitative estimate of drug-likeness (QED) is 0.431. The summed E-state index contributed by atoms with van der Waals surface area (Å²) in [7, 11) is -4.46. The van der Waals surface area contributed by atoms with Gasteiger partial charge in [0.25, 0.3) is 0 Å². The number of hydrogen-bond donors (Lipinski definition) is 3. The lowest BCUT2D eigenvalue weighted by Crippen LogP contribution is -1.95. The topological polar surface area (TPSA) is 132 Å². The summed E-state index contributed by atoms with van der Waals surface area (Å²) in [6.07, 6.45) is 1.36. The fourth-order valence-corrected chi connectivity index (χ4v) is 2.19. The lowest BCUT2D eigenvalue weighted by molar-refractivity contribution is 0.112. The van der Waals surface area contributed by atoms with E-state index in [4.69, 9.17) is 9.79 Å². The van der Waals surface area contributed by atoms with E-state index in [1.807, 2.05) is 0 Å². The van der Waals surface area contributed by atoms with Crippen LogP contribution in [-0.2, 0) is 4.57 Å². The Bertz CT molecular complexity index is 859. The number of carbonyl (C=O) groups is 1. The zero-order valence-corrected chi connectivity index (χ0v) is 13.5. The van der Waals surface area contributed by atoms with Crippen LogP contribution in [0.4, 0.5) is 11.5 Å². The second kappa shape index (κ2) is 7.27. The third kappa shape index (κ3) is 4.42. The van der Waals surface area contributed by atoms with Crippen molar-refractivity contribution in [2.45, 2.75) is 6.92 Å². The number of pyridine rings is 1. The summed E-state index contributed by atoms with van der Waals surface area (Å²) in [5, 5.41) is 17.8. The summed E-state index contributed by atoms with van der Waals surface area (Å²) < 4.78 is 11.0. The molecule has 2 aromatic rings. The van der Waals surface area contributed by atoms with Crippen molar-refractivity contribution in [3.8, 4) is 5.75 Å². The zero-order valence-electron chi connectivity index (χ0n) is 12.6. The van der Waals surface area contributed by atoms with Crippen LogP contribution in [0.3, 0.4) is 0 Å². The Balaban J connectivity index is 2.59. The van der Waals surface area contributed by atoms with Gasteiger partial charge in [-0.1, -0.05) is 18.2 Å². The van der Waals surface area contributed by atoms with Crippen molar-refractivity contribution in [1.29, 1.82) is 0 Å². The van der Waals surface area contributed by atoms with Gasteiger partial charge in [0.2, 0.25) is 0 Å². The van der Waals surface area contributed by atoms with Crippen molar-refractivity contribution in [3.05, 3.63) is 53.0 Å². The number of aldehydes is 1. The first-order valence-electron chi connectivity index (χ1n) is 6.72.